The van der Waals surface area contributed by atoms with Gasteiger partial charge in [0.25, 0.3) is 0 Å². The second kappa shape index (κ2) is 5.08. The molecule has 82 valence electrons. The minimum Gasteiger partial charge on any atom is -0.366 e. The lowest BCUT2D eigenvalue weighted by Crippen LogP contribution is -2.13. The Morgan fingerprint density at radius 3 is 2.00 bits per heavy atom. The summed E-state index contributed by atoms with van der Waals surface area (Å²) in [5.41, 5.74) is 3.69. The zero-order valence-corrected chi connectivity index (χ0v) is 10.2. The lowest BCUT2D eigenvalue weighted by atomic mass is 10.1. The Hall–Kier alpha value is -1.41. The fourth-order valence-electron chi connectivity index (χ4n) is 1.62. The van der Waals surface area contributed by atoms with Crippen LogP contribution in [0.3, 0.4) is 0 Å². The molecular weight excluding hydrogens is 214 g/mol. The van der Waals surface area contributed by atoms with Gasteiger partial charge < -0.3 is 4.90 Å². The molecule has 2 rings (SSSR count). The first kappa shape index (κ1) is 11.1. The second-order valence-corrected chi connectivity index (χ2v) is 4.04. The van der Waals surface area contributed by atoms with Gasteiger partial charge in [0.15, 0.2) is 0 Å². The van der Waals surface area contributed by atoms with E-state index in [2.05, 4.69) is 66.1 Å². The van der Waals surface area contributed by atoms with Gasteiger partial charge in [-0.15, -0.1) is 0 Å². The van der Waals surface area contributed by atoms with Crippen molar-refractivity contribution in [1.29, 1.82) is 0 Å². The summed E-state index contributed by atoms with van der Waals surface area (Å²) < 4.78 is 0. The zero-order chi connectivity index (χ0) is 11.4. The van der Waals surface area contributed by atoms with Gasteiger partial charge in [-0.25, -0.2) is 0 Å². The highest BCUT2D eigenvalue weighted by molar-refractivity contribution is 7.80. The minimum atomic E-state index is 0.727. The number of thiol groups is 1. The highest BCUT2D eigenvalue weighted by Crippen LogP contribution is 2.22. The van der Waals surface area contributed by atoms with Crippen LogP contribution in [-0.2, 0) is 0 Å². The number of nitrogens with zero attached hydrogens (tertiary/aromatic N) is 1. The molecule has 0 aromatic heterocycles. The van der Waals surface area contributed by atoms with E-state index in [0.717, 1.165) is 5.88 Å². The van der Waals surface area contributed by atoms with Crippen LogP contribution in [-0.4, -0.2) is 12.9 Å². The van der Waals surface area contributed by atoms with Crippen molar-refractivity contribution in [3.8, 4) is 11.1 Å². The smallest absolute Gasteiger partial charge is 0.0606 e. The lowest BCUT2D eigenvalue weighted by molar-refractivity contribution is 1.10. The van der Waals surface area contributed by atoms with Crippen LogP contribution in [0.4, 0.5) is 5.69 Å². The molecule has 2 aromatic rings. The van der Waals surface area contributed by atoms with Crippen LogP contribution < -0.4 is 4.90 Å². The summed E-state index contributed by atoms with van der Waals surface area (Å²) in [4.78, 5) is 2.10. The van der Waals surface area contributed by atoms with Gasteiger partial charge in [-0.1, -0.05) is 42.5 Å². The van der Waals surface area contributed by atoms with Crippen LogP contribution in [0.15, 0.2) is 54.6 Å². The first-order chi connectivity index (χ1) is 7.81. The van der Waals surface area contributed by atoms with Crippen molar-refractivity contribution in [3.05, 3.63) is 54.6 Å². The standard InChI is InChI=1S/C14H15NS/c1-15(11-16)14-9-7-13(8-10-14)12-5-3-2-4-6-12/h2-10,16H,11H2,1H3. The molecule has 0 aliphatic heterocycles. The molecular formula is C14H15NS. The van der Waals surface area contributed by atoms with E-state index >= 15 is 0 Å². The Balaban J connectivity index is 2.26. The third-order valence-electron chi connectivity index (χ3n) is 2.63. The molecule has 0 amide bonds. The summed E-state index contributed by atoms with van der Waals surface area (Å²) in [5.74, 6) is 0.727. The molecule has 0 fully saturated rings. The van der Waals surface area contributed by atoms with E-state index in [1.165, 1.54) is 16.8 Å². The number of hydrogen-bond donors (Lipinski definition) is 1. The van der Waals surface area contributed by atoms with Gasteiger partial charge in [-0.3, -0.25) is 0 Å². The van der Waals surface area contributed by atoms with Gasteiger partial charge in [0.2, 0.25) is 0 Å². The Labute approximate surface area is 102 Å². The first-order valence-electron chi connectivity index (χ1n) is 5.29. The molecule has 0 N–H and O–H groups in total. The highest BCUT2D eigenvalue weighted by Gasteiger charge is 1.99. The van der Waals surface area contributed by atoms with Crippen molar-refractivity contribution in [1.82, 2.24) is 0 Å². The summed E-state index contributed by atoms with van der Waals surface area (Å²) in [7, 11) is 2.03. The average Bonchev–Trinajstić information content (AvgIpc) is 2.39. The molecule has 0 atom stereocenters. The van der Waals surface area contributed by atoms with Crippen molar-refractivity contribution in [3.63, 3.8) is 0 Å². The summed E-state index contributed by atoms with van der Waals surface area (Å²) in [6.45, 7) is 0. The van der Waals surface area contributed by atoms with Crippen molar-refractivity contribution in [2.75, 3.05) is 17.8 Å². The maximum Gasteiger partial charge on any atom is 0.0606 e. The molecule has 0 spiro atoms. The van der Waals surface area contributed by atoms with Gasteiger partial charge in [0.05, 0.1) is 5.88 Å². The largest absolute Gasteiger partial charge is 0.366 e. The van der Waals surface area contributed by atoms with Crippen LogP contribution in [0, 0.1) is 0 Å². The van der Waals surface area contributed by atoms with E-state index in [9.17, 15) is 0 Å². The van der Waals surface area contributed by atoms with E-state index in [0.29, 0.717) is 0 Å². The average molecular weight is 229 g/mol. The van der Waals surface area contributed by atoms with Crippen molar-refractivity contribution >= 4 is 18.3 Å². The topological polar surface area (TPSA) is 3.24 Å². The van der Waals surface area contributed by atoms with E-state index in [4.69, 9.17) is 0 Å². The second-order valence-electron chi connectivity index (χ2n) is 3.75. The van der Waals surface area contributed by atoms with E-state index in [-0.39, 0.29) is 0 Å². The molecule has 0 radical (unpaired) electrons. The Morgan fingerprint density at radius 1 is 0.875 bits per heavy atom. The Kier molecular flexibility index (Phi) is 3.52. The Bertz CT molecular complexity index is 436. The molecule has 0 unspecified atom stereocenters. The van der Waals surface area contributed by atoms with Crippen molar-refractivity contribution in [2.24, 2.45) is 0 Å². The number of hydrogen-bond acceptors (Lipinski definition) is 2. The van der Waals surface area contributed by atoms with Gasteiger partial charge in [0, 0.05) is 12.7 Å². The molecule has 2 heteroatoms. The third-order valence-corrected chi connectivity index (χ3v) is 3.05. The van der Waals surface area contributed by atoms with Crippen LogP contribution in [0.5, 0.6) is 0 Å². The Morgan fingerprint density at radius 2 is 1.44 bits per heavy atom. The van der Waals surface area contributed by atoms with Gasteiger partial charge in [-0.05, 0) is 23.3 Å². The molecule has 0 heterocycles. The lowest BCUT2D eigenvalue weighted by Gasteiger charge is -2.16. The molecule has 1 nitrogen and oxygen atoms in total. The van der Waals surface area contributed by atoms with E-state index < -0.39 is 0 Å². The molecule has 0 saturated carbocycles. The predicted molar refractivity (Wildman–Crippen MR) is 74.1 cm³/mol. The number of rotatable bonds is 3. The van der Waals surface area contributed by atoms with Crippen LogP contribution in [0.2, 0.25) is 0 Å². The van der Waals surface area contributed by atoms with Crippen molar-refractivity contribution in [2.45, 2.75) is 0 Å². The summed E-state index contributed by atoms with van der Waals surface area (Å²) in [6, 6.07) is 18.9. The van der Waals surface area contributed by atoms with Gasteiger partial charge >= 0.3 is 0 Å². The van der Waals surface area contributed by atoms with Crippen LogP contribution in [0.25, 0.3) is 11.1 Å². The van der Waals surface area contributed by atoms with Crippen molar-refractivity contribution < 1.29 is 0 Å². The summed E-state index contributed by atoms with van der Waals surface area (Å²) in [5, 5.41) is 0. The SMILES string of the molecule is CN(CS)c1ccc(-c2ccccc2)cc1. The van der Waals surface area contributed by atoms with Gasteiger partial charge in [-0.2, -0.15) is 12.6 Å². The fourth-order valence-corrected chi connectivity index (χ4v) is 1.78. The fraction of sp³-hybridized carbons (Fsp3) is 0.143. The molecule has 0 bridgehead atoms. The minimum absolute atomic E-state index is 0.727. The number of benzene rings is 2. The maximum absolute atomic E-state index is 4.25. The summed E-state index contributed by atoms with van der Waals surface area (Å²) in [6.07, 6.45) is 0. The van der Waals surface area contributed by atoms with E-state index in [1.54, 1.807) is 0 Å². The van der Waals surface area contributed by atoms with E-state index in [1.807, 2.05) is 13.1 Å². The normalized spacial score (nSPS) is 10.1. The molecule has 0 saturated heterocycles. The molecule has 16 heavy (non-hydrogen) atoms. The molecule has 0 aliphatic rings. The zero-order valence-electron chi connectivity index (χ0n) is 9.30. The van der Waals surface area contributed by atoms with Gasteiger partial charge in [0.1, 0.15) is 0 Å². The monoisotopic (exact) mass is 229 g/mol. The quantitative estimate of drug-likeness (QED) is 0.620. The number of anilines is 1. The van der Waals surface area contributed by atoms with Crippen LogP contribution >= 0.6 is 12.6 Å². The highest BCUT2D eigenvalue weighted by atomic mass is 32.1. The third kappa shape index (κ3) is 2.39. The first-order valence-corrected chi connectivity index (χ1v) is 5.92. The maximum atomic E-state index is 4.25. The molecule has 2 aromatic carbocycles. The van der Waals surface area contributed by atoms with Crippen LogP contribution in [0.1, 0.15) is 0 Å². The molecule has 0 aliphatic carbocycles. The predicted octanol–water partition coefficient (Wildman–Crippen LogP) is 3.68. The summed E-state index contributed by atoms with van der Waals surface area (Å²) >= 11 is 4.25.